The van der Waals surface area contributed by atoms with Gasteiger partial charge in [-0.25, -0.2) is 0 Å². The van der Waals surface area contributed by atoms with Crippen molar-refractivity contribution in [2.75, 3.05) is 72.5 Å². The molecule has 0 fully saturated rings. The second kappa shape index (κ2) is 86.8. The third-order valence-electron chi connectivity index (χ3n) is 31.2. The van der Waals surface area contributed by atoms with E-state index in [2.05, 4.69) is 206 Å². The molecule has 8 bridgehead atoms. The van der Waals surface area contributed by atoms with Gasteiger partial charge in [-0.1, -0.05) is 570 Å². The molecule has 0 saturated heterocycles. The second-order valence-electron chi connectivity index (χ2n) is 49.5. The van der Waals surface area contributed by atoms with Crippen LogP contribution in [0, 0.1) is 0 Å². The minimum atomic E-state index is -0.117. The van der Waals surface area contributed by atoms with E-state index in [1.807, 2.05) is 0 Å². The summed E-state index contributed by atoms with van der Waals surface area (Å²) in [5, 5.41) is 0. The van der Waals surface area contributed by atoms with E-state index < -0.39 is 0 Å². The fraction of sp³-hybridized carbons (Fsp3) is 0.824. The lowest BCUT2D eigenvalue weighted by molar-refractivity contribution is 0.292. The summed E-state index contributed by atoms with van der Waals surface area (Å²) < 4.78 is 30.7. The van der Waals surface area contributed by atoms with Gasteiger partial charge in [0.05, 0.1) is 26.4 Å². The first-order valence-electron chi connectivity index (χ1n) is 63.6. The Labute approximate surface area is 915 Å². The van der Waals surface area contributed by atoms with E-state index in [-0.39, 0.29) is 21.7 Å². The number of hydrogen-bond donors (Lipinski definition) is 0. The third-order valence-corrected chi connectivity index (χ3v) is 35.9. The van der Waals surface area contributed by atoms with Gasteiger partial charge in [0.2, 0.25) is 0 Å². The number of fused-ring (bicyclic) bond motifs is 8. The monoisotopic (exact) mass is 2070 g/mol. The number of benzene rings is 4. The van der Waals surface area contributed by atoms with E-state index in [1.54, 1.807) is 0 Å². The van der Waals surface area contributed by atoms with Crippen LogP contribution in [0.5, 0.6) is 23.0 Å². The zero-order valence-corrected chi connectivity index (χ0v) is 102. The highest BCUT2D eigenvalue weighted by Gasteiger charge is 2.31. The van der Waals surface area contributed by atoms with Crippen molar-refractivity contribution < 1.29 is 18.9 Å². The van der Waals surface area contributed by atoms with Crippen molar-refractivity contribution in [3.63, 3.8) is 0 Å². The van der Waals surface area contributed by atoms with Gasteiger partial charge in [0.1, 0.15) is 23.0 Å². The molecule has 5 rings (SSSR count). The molecular weight excluding hydrogens is 1830 g/mol. The molecule has 0 atom stereocenters. The van der Waals surface area contributed by atoms with E-state index in [9.17, 15) is 0 Å². The number of hydrogen-bond acceptors (Lipinski definition) is 8. The molecule has 0 saturated carbocycles. The van der Waals surface area contributed by atoms with Gasteiger partial charge in [0.15, 0.2) is 0 Å². The molecule has 8 heteroatoms. The van der Waals surface area contributed by atoms with Crippen molar-refractivity contribution in [2.24, 2.45) is 0 Å². The zero-order chi connectivity index (χ0) is 104. The Morgan fingerprint density at radius 3 is 0.368 bits per heavy atom. The van der Waals surface area contributed by atoms with Crippen molar-refractivity contribution in [2.45, 2.75) is 646 Å². The largest absolute Gasteiger partial charge is 0.493 e. The van der Waals surface area contributed by atoms with E-state index >= 15 is 0 Å². The van der Waals surface area contributed by atoms with Crippen LogP contribution in [0.25, 0.3) is 0 Å². The Kier molecular flexibility index (Phi) is 79.5. The van der Waals surface area contributed by atoms with E-state index in [1.165, 1.54) is 575 Å². The SMILES string of the molecule is CCCCCCCCCCCSCCCCCCCCCCCCOc1c2cc(C(C)(C)C)cc1Cc1cc(C(C)(C)C)cc(c1OCCCCCCCCCCCCSCCCCCCCCCCC)Cc1cc(C(C)(C)C)cc(c1OCCCCCCCCCCCCSCCCCCCCCCCC)Cc1cc(C(C)(C)C)cc(c1OCCCCCCCCCCCCSCCCCCCCCCCC)C2. The summed E-state index contributed by atoms with van der Waals surface area (Å²) in [6.45, 7) is 41.4. The third kappa shape index (κ3) is 65.9. The van der Waals surface area contributed by atoms with Gasteiger partial charge in [-0.3, -0.25) is 0 Å². The van der Waals surface area contributed by atoms with Crippen LogP contribution in [0.1, 0.15) is 666 Å². The second-order valence-corrected chi connectivity index (χ2v) is 54.4. The lowest BCUT2D eigenvalue weighted by Gasteiger charge is -2.29. The van der Waals surface area contributed by atoms with Gasteiger partial charge in [0.25, 0.3) is 0 Å². The molecular formula is C136H240O4S4. The van der Waals surface area contributed by atoms with Gasteiger partial charge < -0.3 is 18.9 Å². The van der Waals surface area contributed by atoms with E-state index in [0.29, 0.717) is 26.4 Å². The maximum atomic E-state index is 7.68. The quantitative estimate of drug-likeness (QED) is 0.0357. The van der Waals surface area contributed by atoms with E-state index in [4.69, 9.17) is 18.9 Å². The normalized spacial score (nSPS) is 12.7. The van der Waals surface area contributed by atoms with Crippen LogP contribution in [0.15, 0.2) is 48.5 Å². The Balaban J connectivity index is 1.44. The smallest absolute Gasteiger partial charge is 0.126 e. The Hall–Kier alpha value is -2.52. The molecule has 1 aliphatic carbocycles. The van der Waals surface area contributed by atoms with Crippen molar-refractivity contribution in [1.82, 2.24) is 0 Å². The fourth-order valence-electron chi connectivity index (χ4n) is 21.4. The number of unbranched alkanes of at least 4 members (excludes halogenated alkanes) is 68. The molecule has 4 aromatic carbocycles. The van der Waals surface area contributed by atoms with Gasteiger partial charge in [-0.2, -0.15) is 47.0 Å². The summed E-state index contributed by atoms with van der Waals surface area (Å²) in [5.41, 5.74) is 15.3. The summed E-state index contributed by atoms with van der Waals surface area (Å²) in [6, 6.07) is 20.6. The Morgan fingerprint density at radius 1 is 0.153 bits per heavy atom. The molecule has 1 aliphatic rings. The van der Waals surface area contributed by atoms with Gasteiger partial charge in [-0.05, 0) is 211 Å². The highest BCUT2D eigenvalue weighted by atomic mass is 32.2. The highest BCUT2D eigenvalue weighted by molar-refractivity contribution is 7.99. The summed E-state index contributed by atoms with van der Waals surface area (Å²) in [5.74, 6) is 15.2. The molecule has 0 aliphatic heterocycles. The van der Waals surface area contributed by atoms with Gasteiger partial charge in [-0.15, -0.1) is 0 Å². The van der Waals surface area contributed by atoms with Gasteiger partial charge >= 0.3 is 0 Å². The molecule has 0 heterocycles. The van der Waals surface area contributed by atoms with Crippen molar-refractivity contribution in [3.8, 4) is 23.0 Å². The molecule has 4 nitrogen and oxygen atoms in total. The van der Waals surface area contributed by atoms with E-state index in [0.717, 1.165) is 74.4 Å². The van der Waals surface area contributed by atoms with Crippen molar-refractivity contribution in [1.29, 1.82) is 0 Å². The highest BCUT2D eigenvalue weighted by Crippen LogP contribution is 2.46. The molecule has 0 radical (unpaired) electrons. The van der Waals surface area contributed by atoms with Crippen molar-refractivity contribution >= 4 is 47.0 Å². The first kappa shape index (κ1) is 132. The first-order chi connectivity index (χ1) is 70.1. The predicted molar refractivity (Wildman–Crippen MR) is 657 cm³/mol. The fourth-order valence-corrected chi connectivity index (χ4v) is 25.5. The lowest BCUT2D eigenvalue weighted by atomic mass is 9.79. The zero-order valence-electron chi connectivity index (χ0n) is 98.9. The molecule has 832 valence electrons. The van der Waals surface area contributed by atoms with Crippen LogP contribution in [0.3, 0.4) is 0 Å². The predicted octanol–water partition coefficient (Wildman–Crippen LogP) is 45.7. The summed E-state index contributed by atoms with van der Waals surface area (Å²) >= 11 is 8.88. The first-order valence-corrected chi connectivity index (χ1v) is 68.2. The molecule has 4 aromatic rings. The van der Waals surface area contributed by atoms with Crippen LogP contribution >= 0.6 is 47.0 Å². The van der Waals surface area contributed by atoms with Crippen LogP contribution in [0.4, 0.5) is 0 Å². The number of thioether (sulfide) groups is 4. The molecule has 0 N–H and O–H groups in total. The number of ether oxygens (including phenoxy) is 4. The number of rotatable bonds is 96. The summed E-state index contributed by atoms with van der Waals surface area (Å²) in [4.78, 5) is 0. The molecule has 0 unspecified atom stereocenters. The molecule has 0 spiro atoms. The summed E-state index contributed by atoms with van der Waals surface area (Å²) in [7, 11) is 0. The van der Waals surface area contributed by atoms with Crippen LogP contribution in [-0.2, 0) is 47.3 Å². The van der Waals surface area contributed by atoms with Crippen molar-refractivity contribution in [3.05, 3.63) is 115 Å². The van der Waals surface area contributed by atoms with Crippen LogP contribution < -0.4 is 18.9 Å². The van der Waals surface area contributed by atoms with Crippen LogP contribution in [0.2, 0.25) is 0 Å². The standard InChI is InChI=1S/C136H240O4S4/c1-17-21-25-29-33-49-61-73-85-97-141-101-89-77-65-53-41-37-45-57-69-81-93-137-129-117-105-119-111-126(134(8,9)10)113-121(130(119)138-94-82-70-58-46-38-42-54-66-78-90-102-142-98-86-74-62-50-34-30-26-22-18-2)107-123-115-128(136(14,15)16)116-124(132(123)140-96-84-72-60-48-40-44-56-68-80-92-104-144-100-88-76-64-52-36-32-28-24-20-4)108-122-114-127(135(11,12)13)112-120(106-118(129)110-125(109-117)133(5,6)7)131(122)139-95-83-71-59-47-39-43-55-67-79-91-103-143-99-87-75-63-51-35-31-27-23-19-3/h109-116H,17-108H2,1-16H3. The maximum absolute atomic E-state index is 7.68. The lowest BCUT2D eigenvalue weighted by Crippen LogP contribution is -2.18. The summed E-state index contributed by atoms with van der Waals surface area (Å²) in [6.07, 6.45) is 107. The Bertz CT molecular complexity index is 3070. The Morgan fingerprint density at radius 2 is 0.257 bits per heavy atom. The topological polar surface area (TPSA) is 36.9 Å². The maximum Gasteiger partial charge on any atom is 0.126 e. The van der Waals surface area contributed by atoms with Crippen LogP contribution in [-0.4, -0.2) is 72.5 Å². The minimum absolute atomic E-state index is 0.117. The average molecular weight is 2070 g/mol. The minimum Gasteiger partial charge on any atom is -0.493 e. The molecule has 0 amide bonds. The van der Waals surface area contributed by atoms with Gasteiger partial charge in [0, 0.05) is 25.7 Å². The molecule has 0 aromatic heterocycles. The average Bonchev–Trinajstić information content (AvgIpc) is 0.758. The molecule has 144 heavy (non-hydrogen) atoms.